The maximum atomic E-state index is 13.5. The van der Waals surface area contributed by atoms with Gasteiger partial charge in [-0.15, -0.1) is 0 Å². The molecule has 9 heteroatoms. The highest BCUT2D eigenvalue weighted by Crippen LogP contribution is 2.29. The monoisotopic (exact) mass is 458 g/mol. The summed E-state index contributed by atoms with van der Waals surface area (Å²) < 4.78 is 1.55. The number of fused-ring (bicyclic) bond motifs is 1. The second kappa shape index (κ2) is 10.2. The molecule has 1 saturated carbocycles. The molecule has 1 aromatic heterocycles. The van der Waals surface area contributed by atoms with Crippen molar-refractivity contribution in [1.82, 2.24) is 30.2 Å². The number of rotatable bonds is 9. The fraction of sp³-hybridized carbons (Fsp3) is 0.750. The zero-order chi connectivity index (χ0) is 23.4. The van der Waals surface area contributed by atoms with E-state index in [2.05, 4.69) is 27.6 Å². The molecule has 33 heavy (non-hydrogen) atoms. The van der Waals surface area contributed by atoms with Gasteiger partial charge in [-0.25, -0.2) is 0 Å². The van der Waals surface area contributed by atoms with Gasteiger partial charge in [-0.05, 0) is 52.1 Å². The molecule has 0 radical (unpaired) electrons. The van der Waals surface area contributed by atoms with Crippen LogP contribution in [0, 0.1) is 0 Å². The molecule has 0 unspecified atom stereocenters. The molecule has 3 heterocycles. The van der Waals surface area contributed by atoms with E-state index in [-0.39, 0.29) is 36.0 Å². The van der Waals surface area contributed by atoms with E-state index < -0.39 is 5.54 Å². The number of nitrogens with one attached hydrogen (secondary N) is 2. The molecule has 0 aromatic carbocycles. The number of carbonyl (C=O) groups excluding carboxylic acids is 3. The quantitative estimate of drug-likeness (QED) is 0.588. The Morgan fingerprint density at radius 3 is 2.58 bits per heavy atom. The van der Waals surface area contributed by atoms with Crippen molar-refractivity contribution in [3.8, 4) is 0 Å². The van der Waals surface area contributed by atoms with Crippen molar-refractivity contribution in [2.75, 3.05) is 32.7 Å². The van der Waals surface area contributed by atoms with Gasteiger partial charge in [-0.3, -0.25) is 19.1 Å². The lowest BCUT2D eigenvalue weighted by Gasteiger charge is -2.43. The zero-order valence-corrected chi connectivity index (χ0v) is 20.1. The molecule has 3 aliphatic rings. The van der Waals surface area contributed by atoms with Crippen molar-refractivity contribution in [1.29, 1.82) is 0 Å². The summed E-state index contributed by atoms with van der Waals surface area (Å²) in [6, 6.07) is 1.74. The van der Waals surface area contributed by atoms with Gasteiger partial charge in [0.1, 0.15) is 11.2 Å². The summed E-state index contributed by atoms with van der Waals surface area (Å²) in [5.74, 6) is -0.639. The predicted octanol–water partition coefficient (Wildman–Crippen LogP) is 1.78. The predicted molar refractivity (Wildman–Crippen MR) is 125 cm³/mol. The maximum Gasteiger partial charge on any atom is 0.273 e. The van der Waals surface area contributed by atoms with Gasteiger partial charge in [0, 0.05) is 31.7 Å². The number of carbonyl (C=O) groups is 3. The Hall–Kier alpha value is -2.42. The Balaban J connectivity index is 1.48. The lowest BCUT2D eigenvalue weighted by atomic mass is 9.94. The van der Waals surface area contributed by atoms with Crippen LogP contribution in [0.25, 0.3) is 0 Å². The summed E-state index contributed by atoms with van der Waals surface area (Å²) >= 11 is 0. The summed E-state index contributed by atoms with van der Waals surface area (Å²) in [6.45, 7) is 8.19. The standard InChI is InChI=1S/C24H38N6O3/c1-3-4-14-29-22(32)20-16-19(21(31)25-11-15-28-12-7-8-13-28)27-30(20)17-24(29,2)23(33)26-18-9-5-6-10-18/h16,18H,3-15,17H2,1-2H3,(H,25,31)(H,26,33)/t24-/m0/s1. The van der Waals surface area contributed by atoms with Crippen LogP contribution in [-0.4, -0.2) is 81.6 Å². The van der Waals surface area contributed by atoms with E-state index in [1.807, 2.05) is 6.92 Å². The fourth-order valence-electron chi connectivity index (χ4n) is 5.25. The third kappa shape index (κ3) is 5.08. The lowest BCUT2D eigenvalue weighted by molar-refractivity contribution is -0.133. The molecule has 1 atom stereocenters. The van der Waals surface area contributed by atoms with Crippen LogP contribution in [0.3, 0.4) is 0 Å². The van der Waals surface area contributed by atoms with Gasteiger partial charge in [0.15, 0.2) is 5.69 Å². The molecule has 9 nitrogen and oxygen atoms in total. The molecule has 3 amide bonds. The van der Waals surface area contributed by atoms with Crippen LogP contribution in [0.5, 0.6) is 0 Å². The molecule has 2 fully saturated rings. The first-order valence-electron chi connectivity index (χ1n) is 12.6. The van der Waals surface area contributed by atoms with E-state index >= 15 is 0 Å². The molecule has 1 aromatic rings. The van der Waals surface area contributed by atoms with E-state index in [0.717, 1.165) is 58.2 Å². The molecule has 182 valence electrons. The molecule has 1 aliphatic carbocycles. The van der Waals surface area contributed by atoms with Crippen LogP contribution in [0.15, 0.2) is 6.07 Å². The smallest absolute Gasteiger partial charge is 0.273 e. The molecule has 1 saturated heterocycles. The first-order valence-corrected chi connectivity index (χ1v) is 12.6. The minimum absolute atomic E-state index is 0.128. The van der Waals surface area contributed by atoms with Crippen molar-refractivity contribution in [3.63, 3.8) is 0 Å². The Kier molecular flexibility index (Phi) is 7.36. The van der Waals surface area contributed by atoms with Crippen molar-refractivity contribution in [3.05, 3.63) is 17.5 Å². The summed E-state index contributed by atoms with van der Waals surface area (Å²) in [5, 5.41) is 10.5. The number of likely N-dealkylation sites (tertiary alicyclic amines) is 1. The van der Waals surface area contributed by atoms with Gasteiger partial charge >= 0.3 is 0 Å². The number of hydrogen-bond acceptors (Lipinski definition) is 5. The summed E-state index contributed by atoms with van der Waals surface area (Å²) in [6.07, 6.45) is 8.39. The second-order valence-electron chi connectivity index (χ2n) is 9.92. The fourth-order valence-corrected chi connectivity index (χ4v) is 5.25. The molecule has 2 N–H and O–H groups in total. The normalized spacial score (nSPS) is 23.7. The van der Waals surface area contributed by atoms with Crippen LogP contribution in [0.4, 0.5) is 0 Å². The number of unbranched alkanes of at least 4 members (excludes halogenated alkanes) is 1. The highest BCUT2D eigenvalue weighted by molar-refractivity contribution is 6.01. The summed E-state index contributed by atoms with van der Waals surface area (Å²) in [5.41, 5.74) is -0.422. The van der Waals surface area contributed by atoms with Crippen LogP contribution in [-0.2, 0) is 11.3 Å². The van der Waals surface area contributed by atoms with Crippen LogP contribution in [0.1, 0.15) is 86.2 Å². The second-order valence-corrected chi connectivity index (χ2v) is 9.92. The van der Waals surface area contributed by atoms with Gasteiger partial charge in [-0.2, -0.15) is 5.10 Å². The van der Waals surface area contributed by atoms with E-state index in [1.54, 1.807) is 15.6 Å². The van der Waals surface area contributed by atoms with Gasteiger partial charge in [-0.1, -0.05) is 26.2 Å². The summed E-state index contributed by atoms with van der Waals surface area (Å²) in [7, 11) is 0. The Bertz CT molecular complexity index is 872. The van der Waals surface area contributed by atoms with E-state index in [1.165, 1.54) is 12.8 Å². The maximum absolute atomic E-state index is 13.5. The third-order valence-corrected chi connectivity index (χ3v) is 7.36. The Labute approximate surface area is 196 Å². The van der Waals surface area contributed by atoms with E-state index in [0.29, 0.717) is 18.8 Å². The van der Waals surface area contributed by atoms with Crippen molar-refractivity contribution >= 4 is 17.7 Å². The SMILES string of the molecule is CCCCN1C(=O)c2cc(C(=O)NCCN3CCCC3)nn2C[C@@]1(C)C(=O)NC1CCCC1. The van der Waals surface area contributed by atoms with Crippen molar-refractivity contribution in [2.45, 2.75) is 83.3 Å². The van der Waals surface area contributed by atoms with Gasteiger partial charge < -0.3 is 20.4 Å². The molecule has 2 aliphatic heterocycles. The third-order valence-electron chi connectivity index (χ3n) is 7.36. The number of hydrogen-bond donors (Lipinski definition) is 2. The molecular formula is C24H38N6O3. The number of nitrogens with zero attached hydrogens (tertiary/aromatic N) is 4. The van der Waals surface area contributed by atoms with Crippen LogP contribution in [0.2, 0.25) is 0 Å². The highest BCUT2D eigenvalue weighted by Gasteiger charge is 2.48. The van der Waals surface area contributed by atoms with Crippen LogP contribution < -0.4 is 10.6 Å². The minimum Gasteiger partial charge on any atom is -0.351 e. The lowest BCUT2D eigenvalue weighted by Crippen LogP contribution is -2.65. The average Bonchev–Trinajstić information content (AvgIpc) is 3.55. The van der Waals surface area contributed by atoms with Gasteiger partial charge in [0.25, 0.3) is 11.8 Å². The highest BCUT2D eigenvalue weighted by atomic mass is 16.2. The number of aromatic nitrogens is 2. The van der Waals surface area contributed by atoms with Crippen molar-refractivity contribution < 1.29 is 14.4 Å². The molecule has 0 bridgehead atoms. The Morgan fingerprint density at radius 2 is 1.88 bits per heavy atom. The average molecular weight is 459 g/mol. The molecule has 0 spiro atoms. The first-order chi connectivity index (χ1) is 15.9. The minimum atomic E-state index is -1.03. The van der Waals surface area contributed by atoms with E-state index in [4.69, 9.17) is 0 Å². The largest absolute Gasteiger partial charge is 0.351 e. The Morgan fingerprint density at radius 1 is 1.15 bits per heavy atom. The number of amides is 3. The van der Waals surface area contributed by atoms with E-state index in [9.17, 15) is 14.4 Å². The first kappa shape index (κ1) is 23.7. The molecule has 4 rings (SSSR count). The van der Waals surface area contributed by atoms with Crippen LogP contribution >= 0.6 is 0 Å². The van der Waals surface area contributed by atoms with Crippen molar-refractivity contribution in [2.24, 2.45) is 0 Å². The topological polar surface area (TPSA) is 99.6 Å². The van der Waals surface area contributed by atoms with Gasteiger partial charge in [0.2, 0.25) is 5.91 Å². The summed E-state index contributed by atoms with van der Waals surface area (Å²) in [4.78, 5) is 43.6. The van der Waals surface area contributed by atoms with Gasteiger partial charge in [0.05, 0.1) is 6.54 Å². The zero-order valence-electron chi connectivity index (χ0n) is 20.1. The molecular weight excluding hydrogens is 420 g/mol.